The van der Waals surface area contributed by atoms with Crippen molar-refractivity contribution in [2.24, 2.45) is 0 Å². The quantitative estimate of drug-likeness (QED) is 0.765. The SMILES string of the molecule is CC(=O)Nc1ccc(/C=C/C(=O)N2CCC(NC(=O)c3cccnc3)CC2)cc1. The number of anilines is 1. The van der Waals surface area contributed by atoms with Gasteiger partial charge in [0.15, 0.2) is 0 Å². The molecule has 1 aliphatic rings. The van der Waals surface area contributed by atoms with Gasteiger partial charge >= 0.3 is 0 Å². The standard InChI is InChI=1S/C22H24N4O3/c1-16(27)24-19-7-4-17(5-8-19)6-9-21(28)26-13-10-20(11-14-26)25-22(29)18-3-2-12-23-15-18/h2-9,12,15,20H,10-11,13-14H2,1H3,(H,24,27)(H,25,29)/b9-6+. The molecule has 0 bridgehead atoms. The number of pyridine rings is 1. The summed E-state index contributed by atoms with van der Waals surface area (Å²) in [4.78, 5) is 41.4. The van der Waals surface area contributed by atoms with E-state index in [1.807, 2.05) is 12.1 Å². The van der Waals surface area contributed by atoms with E-state index in [4.69, 9.17) is 0 Å². The van der Waals surface area contributed by atoms with Crippen molar-refractivity contribution in [3.63, 3.8) is 0 Å². The molecule has 0 atom stereocenters. The normalized spacial score (nSPS) is 14.6. The predicted molar refractivity (Wildman–Crippen MR) is 111 cm³/mol. The molecule has 7 heteroatoms. The Labute approximate surface area is 169 Å². The first-order valence-electron chi connectivity index (χ1n) is 9.57. The molecular formula is C22H24N4O3. The lowest BCUT2D eigenvalue weighted by atomic mass is 10.0. The van der Waals surface area contributed by atoms with Crippen LogP contribution in [0.4, 0.5) is 5.69 Å². The second kappa shape index (κ2) is 9.64. The van der Waals surface area contributed by atoms with Crippen molar-refractivity contribution in [2.75, 3.05) is 18.4 Å². The molecule has 2 N–H and O–H groups in total. The molecule has 3 rings (SSSR count). The van der Waals surface area contributed by atoms with E-state index >= 15 is 0 Å². The summed E-state index contributed by atoms with van der Waals surface area (Å²) in [5.41, 5.74) is 2.14. The number of hydrogen-bond donors (Lipinski definition) is 2. The van der Waals surface area contributed by atoms with E-state index in [1.54, 1.807) is 53.7 Å². The third-order valence-electron chi connectivity index (χ3n) is 4.71. The minimum absolute atomic E-state index is 0.0482. The molecule has 2 aromatic rings. The molecule has 0 radical (unpaired) electrons. The van der Waals surface area contributed by atoms with Crippen LogP contribution < -0.4 is 10.6 Å². The first-order valence-corrected chi connectivity index (χ1v) is 9.57. The fourth-order valence-corrected chi connectivity index (χ4v) is 3.16. The fourth-order valence-electron chi connectivity index (χ4n) is 3.16. The highest BCUT2D eigenvalue weighted by Crippen LogP contribution is 2.14. The van der Waals surface area contributed by atoms with E-state index in [2.05, 4.69) is 15.6 Å². The van der Waals surface area contributed by atoms with Crippen LogP contribution in [0, 0.1) is 0 Å². The van der Waals surface area contributed by atoms with Crippen LogP contribution in [0.5, 0.6) is 0 Å². The highest BCUT2D eigenvalue weighted by Gasteiger charge is 2.23. The number of nitrogens with one attached hydrogen (secondary N) is 2. The minimum atomic E-state index is -0.134. The van der Waals surface area contributed by atoms with E-state index < -0.39 is 0 Å². The molecule has 1 aromatic carbocycles. The van der Waals surface area contributed by atoms with Gasteiger partial charge in [0.1, 0.15) is 0 Å². The number of nitrogens with zero attached hydrogens (tertiary/aromatic N) is 2. The van der Waals surface area contributed by atoms with Crippen molar-refractivity contribution in [2.45, 2.75) is 25.8 Å². The summed E-state index contributed by atoms with van der Waals surface area (Å²) in [7, 11) is 0. The maximum Gasteiger partial charge on any atom is 0.253 e. The lowest BCUT2D eigenvalue weighted by molar-refractivity contribution is -0.127. The summed E-state index contributed by atoms with van der Waals surface area (Å²) in [6, 6.07) is 10.8. The first-order chi connectivity index (χ1) is 14.0. The van der Waals surface area contributed by atoms with Crippen LogP contribution in [-0.2, 0) is 9.59 Å². The van der Waals surface area contributed by atoms with Gasteiger partial charge in [-0.2, -0.15) is 0 Å². The Kier molecular flexibility index (Phi) is 6.73. The largest absolute Gasteiger partial charge is 0.349 e. The van der Waals surface area contributed by atoms with Gasteiger partial charge in [0, 0.05) is 50.2 Å². The highest BCUT2D eigenvalue weighted by molar-refractivity contribution is 5.94. The third-order valence-corrected chi connectivity index (χ3v) is 4.71. The van der Waals surface area contributed by atoms with E-state index in [-0.39, 0.29) is 23.8 Å². The monoisotopic (exact) mass is 392 g/mol. The van der Waals surface area contributed by atoms with E-state index in [9.17, 15) is 14.4 Å². The topological polar surface area (TPSA) is 91.4 Å². The maximum absolute atomic E-state index is 12.4. The molecule has 0 aliphatic carbocycles. The average molecular weight is 392 g/mol. The van der Waals surface area contributed by atoms with Crippen molar-refractivity contribution < 1.29 is 14.4 Å². The number of carbonyl (C=O) groups excluding carboxylic acids is 3. The Morgan fingerprint density at radius 3 is 2.45 bits per heavy atom. The van der Waals surface area contributed by atoms with Gasteiger partial charge in [-0.15, -0.1) is 0 Å². The van der Waals surface area contributed by atoms with Gasteiger partial charge in [-0.05, 0) is 48.7 Å². The van der Waals surface area contributed by atoms with Crippen LogP contribution in [0.15, 0.2) is 54.9 Å². The van der Waals surface area contributed by atoms with Crippen molar-refractivity contribution in [3.8, 4) is 0 Å². The number of carbonyl (C=O) groups is 3. The van der Waals surface area contributed by atoms with Crippen LogP contribution in [0.1, 0.15) is 35.7 Å². The average Bonchev–Trinajstić information content (AvgIpc) is 2.74. The number of amides is 3. The van der Waals surface area contributed by atoms with Crippen LogP contribution in [0.25, 0.3) is 6.08 Å². The summed E-state index contributed by atoms with van der Waals surface area (Å²) in [5.74, 6) is -0.304. The van der Waals surface area contributed by atoms with Gasteiger partial charge < -0.3 is 15.5 Å². The first kappa shape index (κ1) is 20.3. The molecule has 3 amide bonds. The Morgan fingerprint density at radius 2 is 1.83 bits per heavy atom. The second-order valence-electron chi connectivity index (χ2n) is 6.95. The molecule has 1 aromatic heterocycles. The van der Waals surface area contributed by atoms with E-state index in [1.165, 1.54) is 6.92 Å². The molecule has 0 unspecified atom stereocenters. The highest BCUT2D eigenvalue weighted by atomic mass is 16.2. The maximum atomic E-state index is 12.4. The Morgan fingerprint density at radius 1 is 1.10 bits per heavy atom. The predicted octanol–water partition coefficient (Wildman–Crippen LogP) is 2.47. The molecule has 29 heavy (non-hydrogen) atoms. The molecule has 7 nitrogen and oxygen atoms in total. The zero-order valence-corrected chi connectivity index (χ0v) is 16.3. The van der Waals surface area contributed by atoms with Crippen molar-refractivity contribution >= 4 is 29.5 Å². The molecule has 1 saturated heterocycles. The lowest BCUT2D eigenvalue weighted by Gasteiger charge is -2.31. The van der Waals surface area contributed by atoms with Crippen LogP contribution in [0.3, 0.4) is 0 Å². The summed E-state index contributed by atoms with van der Waals surface area (Å²) in [6.07, 6.45) is 7.93. The lowest BCUT2D eigenvalue weighted by Crippen LogP contribution is -2.46. The summed E-state index contributed by atoms with van der Waals surface area (Å²) in [5, 5.41) is 5.71. The Hall–Kier alpha value is -3.48. The van der Waals surface area contributed by atoms with Gasteiger partial charge in [0.25, 0.3) is 5.91 Å². The number of hydrogen-bond acceptors (Lipinski definition) is 4. The van der Waals surface area contributed by atoms with Crippen molar-refractivity contribution in [1.29, 1.82) is 0 Å². The number of piperidine rings is 1. The van der Waals surface area contributed by atoms with Gasteiger partial charge in [-0.3, -0.25) is 19.4 Å². The number of likely N-dealkylation sites (tertiary alicyclic amines) is 1. The fraction of sp³-hybridized carbons (Fsp3) is 0.273. The summed E-state index contributed by atoms with van der Waals surface area (Å²) in [6.45, 7) is 2.66. The molecule has 1 aliphatic heterocycles. The Balaban J connectivity index is 1.46. The molecular weight excluding hydrogens is 368 g/mol. The molecule has 0 spiro atoms. The van der Waals surface area contributed by atoms with Crippen LogP contribution in [-0.4, -0.2) is 46.7 Å². The summed E-state index contributed by atoms with van der Waals surface area (Å²) < 4.78 is 0. The molecule has 2 heterocycles. The number of benzene rings is 1. The number of aromatic nitrogens is 1. The van der Waals surface area contributed by atoms with Crippen LogP contribution in [0.2, 0.25) is 0 Å². The second-order valence-corrected chi connectivity index (χ2v) is 6.95. The van der Waals surface area contributed by atoms with Gasteiger partial charge in [0.05, 0.1) is 5.56 Å². The molecule has 0 saturated carbocycles. The molecule has 1 fully saturated rings. The third kappa shape index (κ3) is 6.00. The van der Waals surface area contributed by atoms with E-state index in [0.29, 0.717) is 18.7 Å². The van der Waals surface area contributed by atoms with E-state index in [0.717, 1.165) is 24.1 Å². The van der Waals surface area contributed by atoms with Crippen molar-refractivity contribution in [1.82, 2.24) is 15.2 Å². The van der Waals surface area contributed by atoms with Crippen molar-refractivity contribution in [3.05, 3.63) is 66.0 Å². The van der Waals surface area contributed by atoms with Crippen LogP contribution >= 0.6 is 0 Å². The number of rotatable bonds is 5. The zero-order valence-electron chi connectivity index (χ0n) is 16.3. The van der Waals surface area contributed by atoms with Gasteiger partial charge in [0.2, 0.25) is 11.8 Å². The minimum Gasteiger partial charge on any atom is -0.349 e. The van der Waals surface area contributed by atoms with Gasteiger partial charge in [-0.1, -0.05) is 12.1 Å². The smallest absolute Gasteiger partial charge is 0.253 e. The Bertz CT molecular complexity index is 886. The molecule has 150 valence electrons. The van der Waals surface area contributed by atoms with Gasteiger partial charge in [-0.25, -0.2) is 0 Å². The summed E-state index contributed by atoms with van der Waals surface area (Å²) >= 11 is 0. The zero-order chi connectivity index (χ0) is 20.6.